The fourth-order valence-corrected chi connectivity index (χ4v) is 1.41. The van der Waals surface area contributed by atoms with Crippen molar-refractivity contribution in [1.29, 1.82) is 0 Å². The van der Waals surface area contributed by atoms with Gasteiger partial charge < -0.3 is 0 Å². The summed E-state index contributed by atoms with van der Waals surface area (Å²) < 4.78 is 50.2. The van der Waals surface area contributed by atoms with Gasteiger partial charge in [-0.3, -0.25) is 4.79 Å². The van der Waals surface area contributed by atoms with E-state index in [0.717, 1.165) is 19.9 Å². The highest BCUT2D eigenvalue weighted by atomic mass is 19.4. The fourth-order valence-electron chi connectivity index (χ4n) is 1.41. The molecule has 0 unspecified atom stereocenters. The van der Waals surface area contributed by atoms with Gasteiger partial charge in [0.05, 0.1) is 5.56 Å². The molecular formula is C10H8F4O. The topological polar surface area (TPSA) is 17.1 Å². The van der Waals surface area contributed by atoms with Crippen molar-refractivity contribution in [3.8, 4) is 0 Å². The number of carbonyl (C=O) groups is 1. The largest absolute Gasteiger partial charge is 0.419 e. The molecule has 0 spiro atoms. The minimum atomic E-state index is -4.78. The highest BCUT2D eigenvalue weighted by Crippen LogP contribution is 2.35. The maximum atomic E-state index is 13.0. The minimum Gasteiger partial charge on any atom is -0.295 e. The van der Waals surface area contributed by atoms with Crippen LogP contribution in [0.25, 0.3) is 0 Å². The summed E-state index contributed by atoms with van der Waals surface area (Å²) in [5.41, 5.74) is -1.84. The van der Waals surface area contributed by atoms with Gasteiger partial charge >= 0.3 is 6.18 Å². The highest BCUT2D eigenvalue weighted by Gasteiger charge is 2.36. The molecule has 5 heteroatoms. The van der Waals surface area contributed by atoms with Crippen molar-refractivity contribution in [2.24, 2.45) is 0 Å². The average molecular weight is 220 g/mol. The van der Waals surface area contributed by atoms with E-state index in [1.54, 1.807) is 0 Å². The molecule has 0 bridgehead atoms. The van der Waals surface area contributed by atoms with Crippen molar-refractivity contribution in [2.45, 2.75) is 20.0 Å². The number of hydrogen-bond donors (Lipinski definition) is 0. The van der Waals surface area contributed by atoms with Crippen LogP contribution in [-0.4, -0.2) is 5.78 Å². The lowest BCUT2D eigenvalue weighted by atomic mass is 9.99. The van der Waals surface area contributed by atoms with Gasteiger partial charge in [-0.1, -0.05) is 0 Å². The molecule has 0 radical (unpaired) electrons. The molecule has 82 valence electrons. The SMILES string of the molecule is CC(=O)c1ccc(F)c(C(F)(F)F)c1C. The summed E-state index contributed by atoms with van der Waals surface area (Å²) in [6.07, 6.45) is -4.78. The third kappa shape index (κ3) is 2.16. The van der Waals surface area contributed by atoms with Crippen LogP contribution in [0.1, 0.15) is 28.4 Å². The van der Waals surface area contributed by atoms with Crippen LogP contribution in [0.2, 0.25) is 0 Å². The van der Waals surface area contributed by atoms with Crippen LogP contribution in [0, 0.1) is 12.7 Å². The summed E-state index contributed by atoms with van der Waals surface area (Å²) in [5.74, 6) is -1.87. The van der Waals surface area contributed by atoms with Crippen LogP contribution in [0.15, 0.2) is 12.1 Å². The van der Waals surface area contributed by atoms with Gasteiger partial charge in [-0.05, 0) is 31.5 Å². The van der Waals surface area contributed by atoms with Crippen LogP contribution in [-0.2, 0) is 6.18 Å². The van der Waals surface area contributed by atoms with Crippen molar-refractivity contribution in [1.82, 2.24) is 0 Å². The summed E-state index contributed by atoms with van der Waals surface area (Å²) >= 11 is 0. The van der Waals surface area contributed by atoms with Crippen LogP contribution >= 0.6 is 0 Å². The Bertz CT molecular complexity index is 407. The zero-order valence-electron chi connectivity index (χ0n) is 8.07. The molecule has 0 heterocycles. The molecule has 0 atom stereocenters. The van der Waals surface area contributed by atoms with Crippen LogP contribution in [0.5, 0.6) is 0 Å². The zero-order valence-corrected chi connectivity index (χ0v) is 8.07. The van der Waals surface area contributed by atoms with Crippen LogP contribution < -0.4 is 0 Å². The minimum absolute atomic E-state index is 0.108. The second kappa shape index (κ2) is 3.64. The first-order valence-electron chi connectivity index (χ1n) is 4.12. The van der Waals surface area contributed by atoms with Crippen molar-refractivity contribution in [2.75, 3.05) is 0 Å². The van der Waals surface area contributed by atoms with Crippen LogP contribution in [0.3, 0.4) is 0 Å². The lowest BCUT2D eigenvalue weighted by Crippen LogP contribution is -2.13. The Labute approximate surface area is 83.7 Å². The van der Waals surface area contributed by atoms with Crippen molar-refractivity contribution in [3.05, 3.63) is 34.6 Å². The standard InChI is InChI=1S/C10H8F4O/c1-5-7(6(2)15)3-4-8(11)9(5)10(12,13)14/h3-4H,1-2H3. The summed E-state index contributed by atoms with van der Waals surface area (Å²) in [4.78, 5) is 11.0. The Morgan fingerprint density at radius 1 is 1.27 bits per heavy atom. The third-order valence-corrected chi connectivity index (χ3v) is 2.08. The molecule has 1 aromatic rings. The molecule has 0 aliphatic carbocycles. The first kappa shape index (κ1) is 11.7. The van der Waals surface area contributed by atoms with Gasteiger partial charge in [0, 0.05) is 5.56 Å². The molecule has 1 nitrogen and oxygen atoms in total. The van der Waals surface area contributed by atoms with Gasteiger partial charge in [-0.2, -0.15) is 13.2 Å². The van der Waals surface area contributed by atoms with E-state index in [-0.39, 0.29) is 11.1 Å². The molecule has 1 rings (SSSR count). The Morgan fingerprint density at radius 3 is 2.20 bits per heavy atom. The van der Waals surface area contributed by atoms with Gasteiger partial charge in [0.2, 0.25) is 0 Å². The number of halogens is 4. The van der Waals surface area contributed by atoms with Gasteiger partial charge in [-0.25, -0.2) is 4.39 Å². The number of hydrogen-bond acceptors (Lipinski definition) is 1. The van der Waals surface area contributed by atoms with E-state index in [1.807, 2.05) is 0 Å². The van der Waals surface area contributed by atoms with Crippen molar-refractivity contribution in [3.63, 3.8) is 0 Å². The molecule has 15 heavy (non-hydrogen) atoms. The molecule has 0 amide bonds. The fraction of sp³-hybridized carbons (Fsp3) is 0.300. The smallest absolute Gasteiger partial charge is 0.295 e. The monoisotopic (exact) mass is 220 g/mol. The van der Waals surface area contributed by atoms with Gasteiger partial charge in [0.15, 0.2) is 5.78 Å². The molecule has 0 N–H and O–H groups in total. The van der Waals surface area contributed by atoms with E-state index >= 15 is 0 Å². The molecule has 0 saturated carbocycles. The number of ketones is 1. The molecule has 0 aromatic heterocycles. The van der Waals surface area contributed by atoms with E-state index < -0.39 is 23.3 Å². The first-order valence-corrected chi connectivity index (χ1v) is 4.12. The predicted octanol–water partition coefficient (Wildman–Crippen LogP) is 3.36. The van der Waals surface area contributed by atoms with Crippen molar-refractivity contribution >= 4 is 5.78 Å². The summed E-state index contributed by atoms with van der Waals surface area (Å²) in [6.45, 7) is 2.23. The molecule has 1 aromatic carbocycles. The Kier molecular flexibility index (Phi) is 2.83. The maximum absolute atomic E-state index is 13.0. The Morgan fingerprint density at radius 2 is 1.80 bits per heavy atom. The number of carbonyl (C=O) groups excluding carboxylic acids is 1. The number of alkyl halides is 3. The molecule has 0 aliphatic heterocycles. The van der Waals surface area contributed by atoms with Gasteiger partial charge in [0.25, 0.3) is 0 Å². The predicted molar refractivity (Wildman–Crippen MR) is 46.1 cm³/mol. The second-order valence-corrected chi connectivity index (χ2v) is 3.15. The van der Waals surface area contributed by atoms with E-state index in [0.29, 0.717) is 6.07 Å². The zero-order chi connectivity index (χ0) is 11.8. The van der Waals surface area contributed by atoms with E-state index in [1.165, 1.54) is 0 Å². The second-order valence-electron chi connectivity index (χ2n) is 3.15. The Hall–Kier alpha value is -1.39. The van der Waals surface area contributed by atoms with Gasteiger partial charge in [0.1, 0.15) is 5.82 Å². The molecule has 0 fully saturated rings. The molecule has 0 saturated heterocycles. The quantitative estimate of drug-likeness (QED) is 0.524. The highest BCUT2D eigenvalue weighted by molar-refractivity contribution is 5.95. The average Bonchev–Trinajstić information content (AvgIpc) is 2.00. The summed E-state index contributed by atoms with van der Waals surface area (Å²) in [5, 5.41) is 0. The van der Waals surface area contributed by atoms with E-state index in [2.05, 4.69) is 0 Å². The molecular weight excluding hydrogens is 212 g/mol. The number of Topliss-reactive ketones (excluding diaryl/α,β-unsaturated/α-hetero) is 1. The van der Waals surface area contributed by atoms with Crippen molar-refractivity contribution < 1.29 is 22.4 Å². The number of benzene rings is 1. The molecule has 0 aliphatic rings. The Balaban J connectivity index is 3.51. The normalized spacial score (nSPS) is 11.6. The van der Waals surface area contributed by atoms with Gasteiger partial charge in [-0.15, -0.1) is 0 Å². The van der Waals surface area contributed by atoms with Crippen LogP contribution in [0.4, 0.5) is 17.6 Å². The third-order valence-electron chi connectivity index (χ3n) is 2.08. The summed E-state index contributed by atoms with van der Waals surface area (Å²) in [6, 6.07) is 1.72. The van der Waals surface area contributed by atoms with E-state index in [9.17, 15) is 22.4 Å². The first-order chi connectivity index (χ1) is 6.75. The lowest BCUT2D eigenvalue weighted by Gasteiger charge is -2.13. The number of rotatable bonds is 1. The van der Waals surface area contributed by atoms with E-state index in [4.69, 9.17) is 0 Å². The summed E-state index contributed by atoms with van der Waals surface area (Å²) in [7, 11) is 0. The lowest BCUT2D eigenvalue weighted by molar-refractivity contribution is -0.140. The maximum Gasteiger partial charge on any atom is 0.419 e.